The predicted octanol–water partition coefficient (Wildman–Crippen LogP) is 7.42. The van der Waals surface area contributed by atoms with Crippen LogP contribution >= 0.6 is 0 Å². The zero-order valence-corrected chi connectivity index (χ0v) is 17.9. The van der Waals surface area contributed by atoms with E-state index in [0.717, 1.165) is 6.07 Å². The van der Waals surface area contributed by atoms with Gasteiger partial charge in [0.2, 0.25) is 0 Å². The summed E-state index contributed by atoms with van der Waals surface area (Å²) in [6.07, 6.45) is -10.3. The molecule has 4 rings (SSSR count). The van der Waals surface area contributed by atoms with Crippen molar-refractivity contribution in [3.05, 3.63) is 106 Å². The Bertz CT molecular complexity index is 1250. The van der Waals surface area contributed by atoms with E-state index in [1.54, 1.807) is 12.1 Å². The van der Waals surface area contributed by atoms with Crippen LogP contribution in [0.4, 0.5) is 35.1 Å². The van der Waals surface area contributed by atoms with Gasteiger partial charge in [-0.05, 0) is 59.5 Å². The molecule has 0 aromatic heterocycles. The molecule has 1 N–H and O–H groups in total. The highest BCUT2D eigenvalue weighted by atomic mass is 19.4. The predicted molar refractivity (Wildman–Crippen MR) is 114 cm³/mol. The lowest BCUT2D eigenvalue weighted by Crippen LogP contribution is -2.25. The van der Waals surface area contributed by atoms with Gasteiger partial charge in [-0.3, -0.25) is 4.99 Å². The number of nitrogens with one attached hydrogen (secondary N) is 1. The van der Waals surface area contributed by atoms with Crippen LogP contribution in [0.25, 0.3) is 0 Å². The first-order chi connectivity index (χ1) is 16.4. The number of aliphatic imine (C=N–C) groups is 1. The van der Waals surface area contributed by atoms with Crippen LogP contribution in [0, 0.1) is 11.6 Å². The molecule has 0 fully saturated rings. The van der Waals surface area contributed by atoms with Crippen LogP contribution in [0.1, 0.15) is 46.3 Å². The molecule has 3 aromatic rings. The van der Waals surface area contributed by atoms with Crippen molar-refractivity contribution in [1.82, 2.24) is 5.32 Å². The van der Waals surface area contributed by atoms with Crippen LogP contribution in [0.5, 0.6) is 0 Å². The second-order valence-corrected chi connectivity index (χ2v) is 8.13. The molecule has 0 bridgehead atoms. The van der Waals surface area contributed by atoms with Crippen molar-refractivity contribution in [2.24, 2.45) is 4.99 Å². The summed E-state index contributed by atoms with van der Waals surface area (Å²) in [7, 11) is 0. The van der Waals surface area contributed by atoms with Gasteiger partial charge in [-0.1, -0.05) is 30.3 Å². The minimum absolute atomic E-state index is 0.0290. The Morgan fingerprint density at radius 1 is 0.686 bits per heavy atom. The summed E-state index contributed by atoms with van der Waals surface area (Å²) in [6, 6.07) is 12.1. The van der Waals surface area contributed by atoms with E-state index in [1.807, 2.05) is 0 Å². The second kappa shape index (κ2) is 9.31. The number of halogens is 8. The molecule has 0 saturated carbocycles. The fraction of sp³-hybridized carbons (Fsp3) is 0.240. The maximum absolute atomic E-state index is 13.8. The molecule has 1 aliphatic rings. The van der Waals surface area contributed by atoms with E-state index < -0.39 is 47.2 Å². The molecule has 2 nitrogen and oxygen atoms in total. The third kappa shape index (κ3) is 5.63. The average Bonchev–Trinajstić information content (AvgIpc) is 3.21. The maximum Gasteiger partial charge on any atom is 0.417 e. The summed E-state index contributed by atoms with van der Waals surface area (Å²) in [5, 5.41) is 3.11. The lowest BCUT2D eigenvalue weighted by atomic mass is 9.95. The van der Waals surface area contributed by atoms with Crippen LogP contribution in [0.3, 0.4) is 0 Å². The molecular weight excluding hydrogens is 480 g/mol. The number of aryl methyl sites for hydroxylation is 1. The molecular formula is C25H18F8N2. The average molecular weight is 498 g/mol. The lowest BCUT2D eigenvalue weighted by Gasteiger charge is -2.20. The highest BCUT2D eigenvalue weighted by molar-refractivity contribution is 5.85. The van der Waals surface area contributed by atoms with E-state index >= 15 is 0 Å². The highest BCUT2D eigenvalue weighted by Crippen LogP contribution is 2.41. The molecule has 1 heterocycles. The lowest BCUT2D eigenvalue weighted by molar-refractivity contribution is -0.162. The van der Waals surface area contributed by atoms with Crippen molar-refractivity contribution >= 4 is 5.84 Å². The minimum Gasteiger partial charge on any atom is -0.364 e. The molecule has 35 heavy (non-hydrogen) atoms. The fourth-order valence-corrected chi connectivity index (χ4v) is 4.09. The van der Waals surface area contributed by atoms with Gasteiger partial charge in [0.05, 0.1) is 23.0 Å². The Balaban J connectivity index is 1.60. The van der Waals surface area contributed by atoms with Crippen LogP contribution in [-0.2, 0) is 18.8 Å². The first-order valence-corrected chi connectivity index (χ1v) is 10.5. The van der Waals surface area contributed by atoms with E-state index in [9.17, 15) is 35.1 Å². The van der Waals surface area contributed by atoms with Gasteiger partial charge in [0.1, 0.15) is 17.7 Å². The van der Waals surface area contributed by atoms with Gasteiger partial charge in [0.25, 0.3) is 0 Å². The summed E-state index contributed by atoms with van der Waals surface area (Å²) in [5.74, 6) is -0.615. The fourth-order valence-electron chi connectivity index (χ4n) is 4.09. The van der Waals surface area contributed by atoms with Crippen molar-refractivity contribution < 1.29 is 35.1 Å². The van der Waals surface area contributed by atoms with Gasteiger partial charge < -0.3 is 5.32 Å². The zero-order valence-electron chi connectivity index (χ0n) is 17.9. The molecule has 2 atom stereocenters. The van der Waals surface area contributed by atoms with Crippen LogP contribution < -0.4 is 5.32 Å². The topological polar surface area (TPSA) is 24.4 Å². The SMILES string of the molecule is Fc1cccc([C@H]2N=C(CCc3ccc(C(F)(F)F)c(C(F)(F)F)c3)N[C@H]2c2cccc(F)c2)c1. The van der Waals surface area contributed by atoms with E-state index in [4.69, 9.17) is 0 Å². The van der Waals surface area contributed by atoms with E-state index in [0.29, 0.717) is 29.1 Å². The summed E-state index contributed by atoms with van der Waals surface area (Å²) in [6.45, 7) is 0. The smallest absolute Gasteiger partial charge is 0.364 e. The minimum atomic E-state index is -5.17. The van der Waals surface area contributed by atoms with E-state index in [2.05, 4.69) is 10.3 Å². The standard InChI is InChI=1S/C25H18F8N2/c26-17-5-1-3-15(12-17)22-23(16-4-2-6-18(27)13-16)35-21(34-22)10-8-14-7-9-19(24(28,29)30)20(11-14)25(31,32)33/h1-7,9,11-13,22-23H,8,10H2,(H,34,35)/t22-,23+. The summed E-state index contributed by atoms with van der Waals surface area (Å²) in [5.41, 5.74) is -2.41. The highest BCUT2D eigenvalue weighted by Gasteiger charge is 2.43. The van der Waals surface area contributed by atoms with Gasteiger partial charge in [-0.15, -0.1) is 0 Å². The summed E-state index contributed by atoms with van der Waals surface area (Å²) in [4.78, 5) is 4.54. The summed E-state index contributed by atoms with van der Waals surface area (Å²) < 4.78 is 106. The first-order valence-electron chi connectivity index (χ1n) is 10.5. The molecule has 184 valence electrons. The Morgan fingerprint density at radius 2 is 1.29 bits per heavy atom. The number of alkyl halides is 6. The molecule has 0 spiro atoms. The van der Waals surface area contributed by atoms with Crippen molar-refractivity contribution in [3.63, 3.8) is 0 Å². The molecule has 0 aliphatic carbocycles. The second-order valence-electron chi connectivity index (χ2n) is 8.13. The van der Waals surface area contributed by atoms with Gasteiger partial charge in [-0.2, -0.15) is 26.3 Å². The first kappa shape index (κ1) is 24.7. The monoisotopic (exact) mass is 498 g/mol. The third-order valence-corrected chi connectivity index (χ3v) is 5.68. The van der Waals surface area contributed by atoms with Gasteiger partial charge >= 0.3 is 12.4 Å². The normalized spacial score (nSPS) is 18.3. The van der Waals surface area contributed by atoms with Gasteiger partial charge in [-0.25, -0.2) is 8.78 Å². The molecule has 0 saturated heterocycles. The zero-order chi connectivity index (χ0) is 25.4. The summed E-state index contributed by atoms with van der Waals surface area (Å²) >= 11 is 0. The number of hydrogen-bond donors (Lipinski definition) is 1. The van der Waals surface area contributed by atoms with Crippen molar-refractivity contribution in [2.45, 2.75) is 37.3 Å². The quantitative estimate of drug-likeness (QED) is 0.364. The number of hydrogen-bond acceptors (Lipinski definition) is 2. The Morgan fingerprint density at radius 3 is 1.89 bits per heavy atom. The largest absolute Gasteiger partial charge is 0.417 e. The van der Waals surface area contributed by atoms with Crippen LogP contribution in [-0.4, -0.2) is 5.84 Å². The molecule has 10 heteroatoms. The van der Waals surface area contributed by atoms with E-state index in [1.165, 1.54) is 36.4 Å². The van der Waals surface area contributed by atoms with Crippen LogP contribution in [0.2, 0.25) is 0 Å². The molecule has 1 aliphatic heterocycles. The Labute approximate surface area is 195 Å². The third-order valence-electron chi connectivity index (χ3n) is 5.68. The molecule has 0 amide bonds. The Hall–Kier alpha value is -3.43. The molecule has 0 radical (unpaired) electrons. The van der Waals surface area contributed by atoms with Gasteiger partial charge in [0.15, 0.2) is 0 Å². The number of benzene rings is 3. The number of rotatable bonds is 5. The van der Waals surface area contributed by atoms with Crippen molar-refractivity contribution in [2.75, 3.05) is 0 Å². The molecule has 0 unspecified atom stereocenters. The van der Waals surface area contributed by atoms with Crippen molar-refractivity contribution in [3.8, 4) is 0 Å². The van der Waals surface area contributed by atoms with Crippen molar-refractivity contribution in [1.29, 1.82) is 0 Å². The maximum atomic E-state index is 13.8. The number of nitrogens with zero attached hydrogens (tertiary/aromatic N) is 1. The molecule has 3 aromatic carbocycles. The van der Waals surface area contributed by atoms with E-state index in [-0.39, 0.29) is 18.4 Å². The Kier molecular flexibility index (Phi) is 6.57. The van der Waals surface area contributed by atoms with Gasteiger partial charge in [0, 0.05) is 6.42 Å². The number of amidine groups is 1. The van der Waals surface area contributed by atoms with Crippen LogP contribution in [0.15, 0.2) is 71.7 Å².